The van der Waals surface area contributed by atoms with E-state index in [0.717, 1.165) is 4.90 Å². The summed E-state index contributed by atoms with van der Waals surface area (Å²) in [5.74, 6) is -1.28. The summed E-state index contributed by atoms with van der Waals surface area (Å²) in [7, 11) is 1.42. The molecule has 0 unspecified atom stereocenters. The second-order valence-corrected chi connectivity index (χ2v) is 6.56. The van der Waals surface area contributed by atoms with Gasteiger partial charge in [0.15, 0.2) is 0 Å². The average molecular weight is 435 g/mol. The predicted molar refractivity (Wildman–Crippen MR) is 105 cm³/mol. The summed E-state index contributed by atoms with van der Waals surface area (Å²) in [6.45, 7) is 1.01. The molecule has 0 bridgehead atoms. The van der Waals surface area contributed by atoms with Gasteiger partial charge in [-0.25, -0.2) is 9.79 Å². The molecule has 0 fully saturated rings. The zero-order valence-electron chi connectivity index (χ0n) is 16.8. The number of carbonyl (C=O) groups is 2. The first kappa shape index (κ1) is 22.1. The molecule has 1 heterocycles. The number of ether oxygens (including phenoxy) is 2. The monoisotopic (exact) mass is 435 g/mol. The maximum atomic E-state index is 14.2. The Bertz CT molecular complexity index is 995. The third-order valence-electron chi connectivity index (χ3n) is 4.61. The van der Waals surface area contributed by atoms with E-state index in [-0.39, 0.29) is 24.6 Å². The molecule has 1 aliphatic heterocycles. The van der Waals surface area contributed by atoms with Gasteiger partial charge in [-0.15, -0.1) is 0 Å². The number of aliphatic imine (C=N–C) groups is 1. The Labute approximate surface area is 176 Å². The molecule has 3 rings (SSSR count). The van der Waals surface area contributed by atoms with E-state index in [9.17, 15) is 22.8 Å². The van der Waals surface area contributed by atoms with E-state index in [1.54, 1.807) is 47.8 Å². The number of benzene rings is 2. The highest BCUT2D eigenvalue weighted by molar-refractivity contribution is 6.16. The van der Waals surface area contributed by atoms with Crippen LogP contribution in [0.5, 0.6) is 5.75 Å². The van der Waals surface area contributed by atoms with Gasteiger partial charge in [0.25, 0.3) is 5.91 Å². The summed E-state index contributed by atoms with van der Waals surface area (Å²) < 4.78 is 52.3. The Morgan fingerprint density at radius 3 is 2.39 bits per heavy atom. The summed E-state index contributed by atoms with van der Waals surface area (Å²) in [4.78, 5) is 29.7. The molecule has 0 saturated heterocycles. The Morgan fingerprint density at radius 2 is 1.77 bits per heavy atom. The predicted octanol–water partition coefficient (Wildman–Crippen LogP) is 3.49. The van der Waals surface area contributed by atoms with E-state index < -0.39 is 23.8 Å². The first-order chi connectivity index (χ1) is 14.7. The second-order valence-electron chi connectivity index (χ2n) is 6.56. The number of nitrogens with one attached hydrogen (secondary N) is 1. The first-order valence-corrected chi connectivity index (χ1v) is 9.34. The molecule has 164 valence electrons. The van der Waals surface area contributed by atoms with E-state index >= 15 is 0 Å². The molecule has 0 radical (unpaired) electrons. The highest BCUT2D eigenvalue weighted by Crippen LogP contribution is 2.39. The Hall–Kier alpha value is -3.56. The third-order valence-corrected chi connectivity index (χ3v) is 4.61. The van der Waals surface area contributed by atoms with Gasteiger partial charge in [-0.3, -0.25) is 15.0 Å². The van der Waals surface area contributed by atoms with Crippen LogP contribution in [0.25, 0.3) is 0 Å². The van der Waals surface area contributed by atoms with Crippen LogP contribution in [-0.4, -0.2) is 48.3 Å². The zero-order valence-corrected chi connectivity index (χ0v) is 16.8. The lowest BCUT2D eigenvalue weighted by molar-refractivity contribution is -0.197. The van der Waals surface area contributed by atoms with Gasteiger partial charge in [-0.2, -0.15) is 13.2 Å². The van der Waals surface area contributed by atoms with Gasteiger partial charge >= 0.3 is 17.9 Å². The lowest BCUT2D eigenvalue weighted by atomic mass is 10.1. The Balaban J connectivity index is 2.12. The molecule has 7 nitrogen and oxygen atoms in total. The van der Waals surface area contributed by atoms with E-state index in [1.165, 1.54) is 26.2 Å². The molecular formula is C21H20F3N3O4. The van der Waals surface area contributed by atoms with Gasteiger partial charge in [0.2, 0.25) is 0 Å². The molecule has 0 aromatic heterocycles. The quantitative estimate of drug-likeness (QED) is 0.753. The number of rotatable bonds is 6. The molecule has 31 heavy (non-hydrogen) atoms. The van der Waals surface area contributed by atoms with Crippen LogP contribution in [0.4, 0.5) is 18.0 Å². The number of carbonyl (C=O) groups excluding carboxylic acids is 2. The standard InChI is InChI=1S/C21H20F3N3O4/c1-3-31-19(29)26-20(21(22,23)24)18(28)27(13-15-11-7-8-12-16(15)30-2)17(25-20)14-9-5-4-6-10-14/h4-12H,3,13H2,1-2H3,(H,26,29)/t20-/m1/s1. The summed E-state index contributed by atoms with van der Waals surface area (Å²) >= 11 is 0. The van der Waals surface area contributed by atoms with Crippen LogP contribution in [-0.2, 0) is 16.1 Å². The van der Waals surface area contributed by atoms with Crippen molar-refractivity contribution in [2.75, 3.05) is 13.7 Å². The van der Waals surface area contributed by atoms with Crippen molar-refractivity contribution in [3.63, 3.8) is 0 Å². The number of alkyl halides is 3. The molecule has 2 aromatic carbocycles. The summed E-state index contributed by atoms with van der Waals surface area (Å²) in [6, 6.07) is 14.6. The van der Waals surface area contributed by atoms with Crippen molar-refractivity contribution < 1.29 is 32.2 Å². The topological polar surface area (TPSA) is 80.2 Å². The van der Waals surface area contributed by atoms with Crippen LogP contribution >= 0.6 is 0 Å². The van der Waals surface area contributed by atoms with Crippen molar-refractivity contribution in [1.82, 2.24) is 10.2 Å². The van der Waals surface area contributed by atoms with Crippen molar-refractivity contribution in [2.45, 2.75) is 25.3 Å². The van der Waals surface area contributed by atoms with Crippen molar-refractivity contribution in [1.29, 1.82) is 0 Å². The molecule has 1 atom stereocenters. The van der Waals surface area contributed by atoms with Gasteiger partial charge < -0.3 is 9.47 Å². The molecule has 10 heteroatoms. The van der Waals surface area contributed by atoms with Gasteiger partial charge in [0.1, 0.15) is 11.6 Å². The van der Waals surface area contributed by atoms with Crippen LogP contribution in [0.3, 0.4) is 0 Å². The Kier molecular flexibility index (Phi) is 6.19. The normalized spacial score (nSPS) is 18.5. The Morgan fingerprint density at radius 1 is 1.13 bits per heavy atom. The molecule has 1 N–H and O–H groups in total. The number of alkyl carbamates (subject to hydrolysis) is 1. The number of hydrogen-bond acceptors (Lipinski definition) is 5. The maximum Gasteiger partial charge on any atom is 0.442 e. The lowest BCUT2D eigenvalue weighted by Gasteiger charge is -2.28. The van der Waals surface area contributed by atoms with E-state index in [0.29, 0.717) is 11.3 Å². The number of nitrogens with zero attached hydrogens (tertiary/aromatic N) is 2. The average Bonchev–Trinajstić information content (AvgIpc) is 3.02. The number of para-hydroxylation sites is 1. The number of amidine groups is 1. The summed E-state index contributed by atoms with van der Waals surface area (Å²) in [5.41, 5.74) is -2.76. The zero-order chi connectivity index (χ0) is 22.6. The van der Waals surface area contributed by atoms with Gasteiger partial charge in [0.05, 0.1) is 20.3 Å². The minimum absolute atomic E-state index is 0.172. The van der Waals surface area contributed by atoms with Crippen LogP contribution in [0.2, 0.25) is 0 Å². The second kappa shape index (κ2) is 8.66. The first-order valence-electron chi connectivity index (χ1n) is 9.34. The van der Waals surface area contributed by atoms with Gasteiger partial charge in [0, 0.05) is 11.1 Å². The number of methoxy groups -OCH3 is 1. The molecule has 0 spiro atoms. The van der Waals surface area contributed by atoms with Gasteiger partial charge in [-0.1, -0.05) is 48.5 Å². The summed E-state index contributed by atoms with van der Waals surface area (Å²) in [5, 5.41) is 1.63. The van der Waals surface area contributed by atoms with Crippen LogP contribution in [0.1, 0.15) is 18.1 Å². The summed E-state index contributed by atoms with van der Waals surface area (Å²) in [6.07, 6.45) is -6.62. The van der Waals surface area contributed by atoms with E-state index in [1.807, 2.05) is 0 Å². The molecule has 2 amide bonds. The van der Waals surface area contributed by atoms with Crippen LogP contribution in [0, 0.1) is 0 Å². The minimum atomic E-state index is -5.22. The minimum Gasteiger partial charge on any atom is -0.496 e. The van der Waals surface area contributed by atoms with Crippen molar-refractivity contribution >= 4 is 17.8 Å². The maximum absolute atomic E-state index is 14.2. The van der Waals surface area contributed by atoms with Gasteiger partial charge in [-0.05, 0) is 13.0 Å². The molecular weight excluding hydrogens is 415 g/mol. The van der Waals surface area contributed by atoms with Crippen LogP contribution < -0.4 is 10.1 Å². The largest absolute Gasteiger partial charge is 0.496 e. The molecule has 1 aliphatic rings. The number of halogens is 3. The third kappa shape index (κ3) is 4.18. The SMILES string of the molecule is CCOC(=O)N[C@]1(C(F)(F)F)N=C(c2ccccc2)N(Cc2ccccc2OC)C1=O. The lowest BCUT2D eigenvalue weighted by Crippen LogP contribution is -2.63. The van der Waals surface area contributed by atoms with Crippen molar-refractivity contribution in [3.05, 3.63) is 65.7 Å². The molecule has 0 aliphatic carbocycles. The highest BCUT2D eigenvalue weighted by Gasteiger charge is 2.67. The fourth-order valence-electron chi connectivity index (χ4n) is 3.17. The number of amides is 2. The fraction of sp³-hybridized carbons (Fsp3) is 0.286. The molecule has 0 saturated carbocycles. The van der Waals surface area contributed by atoms with E-state index in [2.05, 4.69) is 9.73 Å². The van der Waals surface area contributed by atoms with Crippen molar-refractivity contribution in [3.8, 4) is 5.75 Å². The smallest absolute Gasteiger partial charge is 0.442 e. The molecule has 2 aromatic rings. The van der Waals surface area contributed by atoms with E-state index in [4.69, 9.17) is 4.74 Å². The highest BCUT2D eigenvalue weighted by atomic mass is 19.4. The fourth-order valence-corrected chi connectivity index (χ4v) is 3.17. The number of hydrogen-bond donors (Lipinski definition) is 1. The van der Waals surface area contributed by atoms with Crippen LogP contribution in [0.15, 0.2) is 59.6 Å². The van der Waals surface area contributed by atoms with Crippen molar-refractivity contribution in [2.24, 2.45) is 4.99 Å².